The molecule has 0 bridgehead atoms. The third-order valence-corrected chi connectivity index (χ3v) is 4.61. The molecule has 25 heavy (non-hydrogen) atoms. The molecule has 3 rings (SSSR count). The number of benzene rings is 1. The lowest BCUT2D eigenvalue weighted by molar-refractivity contribution is -0.122. The Labute approximate surface area is 145 Å². The average Bonchev–Trinajstić information content (AvgIpc) is 3.23. The second-order valence-corrected chi connectivity index (χ2v) is 6.68. The molecule has 2 aromatic rings. The average molecular weight is 347 g/mol. The smallest absolute Gasteiger partial charge is 0.227 e. The van der Waals surface area contributed by atoms with E-state index in [1.807, 2.05) is 0 Å². The molecule has 2 N–H and O–H groups in total. The predicted octanol–water partition coefficient (Wildman–Crippen LogP) is 2.54. The van der Waals surface area contributed by atoms with Gasteiger partial charge >= 0.3 is 0 Å². The van der Waals surface area contributed by atoms with E-state index in [1.165, 1.54) is 6.07 Å². The maximum atomic E-state index is 13.6. The first-order valence-electron chi connectivity index (χ1n) is 8.53. The van der Waals surface area contributed by atoms with Gasteiger partial charge in [0.15, 0.2) is 0 Å². The third-order valence-electron chi connectivity index (χ3n) is 4.61. The van der Waals surface area contributed by atoms with Crippen molar-refractivity contribution in [3.8, 4) is 11.4 Å². The Morgan fingerprint density at radius 1 is 1.40 bits per heavy atom. The van der Waals surface area contributed by atoms with Crippen LogP contribution in [0, 0.1) is 12.7 Å². The molecular formula is C18H22FN3O3. The molecule has 0 atom stereocenters. The topological polar surface area (TPSA) is 88.2 Å². The van der Waals surface area contributed by atoms with Crippen molar-refractivity contribution in [1.29, 1.82) is 0 Å². The van der Waals surface area contributed by atoms with Gasteiger partial charge in [0.2, 0.25) is 17.6 Å². The number of nitrogens with zero attached hydrogens (tertiary/aromatic N) is 2. The summed E-state index contributed by atoms with van der Waals surface area (Å²) in [5.41, 5.74) is 0.321. The van der Waals surface area contributed by atoms with Crippen molar-refractivity contribution >= 4 is 5.91 Å². The van der Waals surface area contributed by atoms with Crippen LogP contribution in [0.1, 0.15) is 43.6 Å². The standard InChI is InChI=1S/C18H22FN3O3/c1-12-4-5-13(10-14(12)19)17-21-16(25-22-17)7-6-15(23)20-11-18(24)8-2-3-9-18/h4-5,10,24H,2-3,6-9,11H2,1H3,(H,20,23). The zero-order valence-electron chi connectivity index (χ0n) is 14.2. The summed E-state index contributed by atoms with van der Waals surface area (Å²) in [6, 6.07) is 4.74. The number of nitrogens with one attached hydrogen (secondary N) is 1. The first-order chi connectivity index (χ1) is 12.0. The fraction of sp³-hybridized carbons (Fsp3) is 0.500. The molecule has 1 amide bonds. The van der Waals surface area contributed by atoms with E-state index in [2.05, 4.69) is 15.5 Å². The van der Waals surface area contributed by atoms with Crippen molar-refractivity contribution in [2.75, 3.05) is 6.54 Å². The monoisotopic (exact) mass is 347 g/mol. The van der Waals surface area contributed by atoms with Crippen LogP contribution < -0.4 is 5.32 Å². The number of amides is 1. The summed E-state index contributed by atoms with van der Waals surface area (Å²) in [7, 11) is 0. The van der Waals surface area contributed by atoms with Gasteiger partial charge in [-0.05, 0) is 31.4 Å². The van der Waals surface area contributed by atoms with E-state index in [1.54, 1.807) is 19.1 Å². The zero-order chi connectivity index (χ0) is 17.9. The second kappa shape index (κ2) is 7.31. The number of hydrogen-bond acceptors (Lipinski definition) is 5. The molecule has 1 aliphatic carbocycles. The van der Waals surface area contributed by atoms with E-state index in [-0.39, 0.29) is 24.7 Å². The number of carbonyl (C=O) groups excluding carboxylic acids is 1. The van der Waals surface area contributed by atoms with Crippen LogP contribution in [0.5, 0.6) is 0 Å². The van der Waals surface area contributed by atoms with Gasteiger partial charge in [-0.2, -0.15) is 4.98 Å². The molecule has 0 radical (unpaired) electrons. The van der Waals surface area contributed by atoms with E-state index >= 15 is 0 Å². The predicted molar refractivity (Wildman–Crippen MR) is 89.2 cm³/mol. The van der Waals surface area contributed by atoms with Crippen molar-refractivity contribution < 1.29 is 18.8 Å². The molecular weight excluding hydrogens is 325 g/mol. The Bertz CT molecular complexity index is 754. The van der Waals surface area contributed by atoms with Crippen LogP contribution in [0.4, 0.5) is 4.39 Å². The van der Waals surface area contributed by atoms with Crippen LogP contribution in [0.25, 0.3) is 11.4 Å². The molecule has 0 aliphatic heterocycles. The molecule has 1 fully saturated rings. The highest BCUT2D eigenvalue weighted by atomic mass is 19.1. The molecule has 1 heterocycles. The van der Waals surface area contributed by atoms with Crippen molar-refractivity contribution in [3.63, 3.8) is 0 Å². The van der Waals surface area contributed by atoms with Crippen LogP contribution in [0.2, 0.25) is 0 Å². The summed E-state index contributed by atoms with van der Waals surface area (Å²) < 4.78 is 18.7. The molecule has 0 spiro atoms. The van der Waals surface area contributed by atoms with Crippen molar-refractivity contribution in [1.82, 2.24) is 15.5 Å². The number of aromatic nitrogens is 2. The maximum Gasteiger partial charge on any atom is 0.227 e. The van der Waals surface area contributed by atoms with Gasteiger partial charge in [-0.15, -0.1) is 0 Å². The molecule has 6 nitrogen and oxygen atoms in total. The van der Waals surface area contributed by atoms with Gasteiger partial charge in [-0.1, -0.05) is 30.1 Å². The largest absolute Gasteiger partial charge is 0.388 e. The number of rotatable bonds is 6. The summed E-state index contributed by atoms with van der Waals surface area (Å²) in [6.45, 7) is 1.96. The summed E-state index contributed by atoms with van der Waals surface area (Å²) in [4.78, 5) is 16.1. The van der Waals surface area contributed by atoms with Gasteiger partial charge in [0, 0.05) is 24.9 Å². The first-order valence-corrected chi connectivity index (χ1v) is 8.53. The molecule has 7 heteroatoms. The van der Waals surface area contributed by atoms with Crippen molar-refractivity contribution in [3.05, 3.63) is 35.5 Å². The van der Waals surface area contributed by atoms with E-state index in [9.17, 15) is 14.3 Å². The highest BCUT2D eigenvalue weighted by Crippen LogP contribution is 2.28. The van der Waals surface area contributed by atoms with Gasteiger partial charge in [-0.3, -0.25) is 4.79 Å². The highest BCUT2D eigenvalue weighted by molar-refractivity contribution is 5.76. The Balaban J connectivity index is 1.51. The molecule has 134 valence electrons. The normalized spacial score (nSPS) is 16.1. The first kappa shape index (κ1) is 17.5. The lowest BCUT2D eigenvalue weighted by Crippen LogP contribution is -2.40. The Kier molecular flexibility index (Phi) is 5.13. The Morgan fingerprint density at radius 2 is 2.16 bits per heavy atom. The summed E-state index contributed by atoms with van der Waals surface area (Å²) in [5, 5.41) is 16.8. The van der Waals surface area contributed by atoms with E-state index in [0.717, 1.165) is 25.7 Å². The summed E-state index contributed by atoms with van der Waals surface area (Å²) in [5.74, 6) is 0.134. The number of carbonyl (C=O) groups is 1. The molecule has 1 aromatic heterocycles. The van der Waals surface area contributed by atoms with Crippen LogP contribution >= 0.6 is 0 Å². The van der Waals surface area contributed by atoms with Crippen molar-refractivity contribution in [2.24, 2.45) is 0 Å². The minimum Gasteiger partial charge on any atom is -0.388 e. The lowest BCUT2D eigenvalue weighted by Gasteiger charge is -2.22. The van der Waals surface area contributed by atoms with Crippen LogP contribution in [0.3, 0.4) is 0 Å². The molecule has 1 aromatic carbocycles. The Hall–Kier alpha value is -2.28. The van der Waals surface area contributed by atoms with Crippen LogP contribution in [-0.2, 0) is 11.2 Å². The van der Waals surface area contributed by atoms with Crippen molar-refractivity contribution in [2.45, 2.75) is 51.0 Å². The minimum atomic E-state index is -0.761. The summed E-state index contributed by atoms with van der Waals surface area (Å²) >= 11 is 0. The molecule has 1 aliphatic rings. The molecule has 1 saturated carbocycles. The number of aliphatic hydroxyl groups is 1. The number of aryl methyl sites for hydroxylation is 2. The quantitative estimate of drug-likeness (QED) is 0.838. The lowest BCUT2D eigenvalue weighted by atomic mass is 10.0. The van der Waals surface area contributed by atoms with Crippen LogP contribution in [0.15, 0.2) is 22.7 Å². The SMILES string of the molecule is Cc1ccc(-c2noc(CCC(=O)NCC3(O)CCCC3)n2)cc1F. The maximum absolute atomic E-state index is 13.6. The van der Waals surface area contributed by atoms with E-state index in [0.29, 0.717) is 29.3 Å². The van der Waals surface area contributed by atoms with E-state index < -0.39 is 5.60 Å². The van der Waals surface area contributed by atoms with Gasteiger partial charge in [0.1, 0.15) is 5.82 Å². The minimum absolute atomic E-state index is 0.165. The van der Waals surface area contributed by atoms with Gasteiger partial charge < -0.3 is 14.9 Å². The van der Waals surface area contributed by atoms with Crippen LogP contribution in [-0.4, -0.2) is 33.3 Å². The fourth-order valence-corrected chi connectivity index (χ4v) is 2.99. The Morgan fingerprint density at radius 3 is 2.88 bits per heavy atom. The number of halogens is 1. The third kappa shape index (κ3) is 4.42. The van der Waals surface area contributed by atoms with Gasteiger partial charge in [-0.25, -0.2) is 4.39 Å². The van der Waals surface area contributed by atoms with E-state index in [4.69, 9.17) is 4.52 Å². The molecule has 0 unspecified atom stereocenters. The summed E-state index contributed by atoms with van der Waals surface area (Å²) in [6.07, 6.45) is 3.94. The highest BCUT2D eigenvalue weighted by Gasteiger charge is 2.31. The second-order valence-electron chi connectivity index (χ2n) is 6.68. The number of hydrogen-bond donors (Lipinski definition) is 2. The zero-order valence-corrected chi connectivity index (χ0v) is 14.2. The van der Waals surface area contributed by atoms with Gasteiger partial charge in [0.25, 0.3) is 0 Å². The fourth-order valence-electron chi connectivity index (χ4n) is 2.99. The van der Waals surface area contributed by atoms with Gasteiger partial charge in [0.05, 0.1) is 5.60 Å². The molecule has 0 saturated heterocycles.